The molecule has 3 rings (SSSR count). The third-order valence-corrected chi connectivity index (χ3v) is 4.54. The van der Waals surface area contributed by atoms with Crippen molar-refractivity contribution in [3.63, 3.8) is 0 Å². The summed E-state index contributed by atoms with van der Waals surface area (Å²) in [7, 11) is 3.75. The van der Waals surface area contributed by atoms with Crippen LogP contribution in [0.25, 0.3) is 0 Å². The molecule has 1 aliphatic heterocycles. The van der Waals surface area contributed by atoms with E-state index in [4.69, 9.17) is 4.74 Å². The number of aryl methyl sites for hydroxylation is 1. The van der Waals surface area contributed by atoms with E-state index in [2.05, 4.69) is 37.9 Å². The van der Waals surface area contributed by atoms with E-state index >= 15 is 0 Å². The minimum Gasteiger partial charge on any atom is -0.481 e. The van der Waals surface area contributed by atoms with E-state index in [0.29, 0.717) is 11.9 Å². The topological polar surface area (TPSA) is 54.4 Å². The van der Waals surface area contributed by atoms with Gasteiger partial charge in [0.2, 0.25) is 11.8 Å². The lowest BCUT2D eigenvalue weighted by Gasteiger charge is -2.37. The Morgan fingerprint density at radius 3 is 2.92 bits per heavy atom. The molecule has 0 amide bonds. The van der Waals surface area contributed by atoms with Gasteiger partial charge in [0.1, 0.15) is 0 Å². The van der Waals surface area contributed by atoms with Crippen LogP contribution in [0.15, 0.2) is 30.6 Å². The number of hydrogen-bond acceptors (Lipinski definition) is 6. The Bertz CT molecular complexity index is 678. The summed E-state index contributed by atoms with van der Waals surface area (Å²) in [6.45, 7) is 5.04. The van der Waals surface area contributed by atoms with Crippen LogP contribution in [0.1, 0.15) is 24.1 Å². The van der Waals surface area contributed by atoms with Gasteiger partial charge in [-0.3, -0.25) is 4.90 Å². The van der Waals surface area contributed by atoms with Gasteiger partial charge in [-0.05, 0) is 44.0 Å². The first-order valence-electron chi connectivity index (χ1n) is 8.39. The number of methoxy groups -OCH3 is 1. The largest absolute Gasteiger partial charge is 0.481 e. The van der Waals surface area contributed by atoms with Crippen molar-refractivity contribution in [3.05, 3.63) is 41.9 Å². The molecule has 1 aliphatic rings. The summed E-state index contributed by atoms with van der Waals surface area (Å²) in [4.78, 5) is 17.8. The van der Waals surface area contributed by atoms with Crippen LogP contribution in [-0.4, -0.2) is 53.1 Å². The molecule has 1 fully saturated rings. The van der Waals surface area contributed by atoms with Crippen molar-refractivity contribution < 1.29 is 4.74 Å². The number of rotatable bonds is 5. The molecule has 1 saturated heterocycles. The monoisotopic (exact) mass is 327 g/mol. The molecule has 0 bridgehead atoms. The van der Waals surface area contributed by atoms with Gasteiger partial charge in [0.25, 0.3) is 0 Å². The average Bonchev–Trinajstić information content (AvgIpc) is 2.61. The maximum Gasteiger partial charge on any atom is 0.225 e. The van der Waals surface area contributed by atoms with Crippen LogP contribution in [0.4, 0.5) is 5.95 Å². The number of aromatic nitrogens is 3. The highest BCUT2D eigenvalue weighted by molar-refractivity contribution is 5.31. The van der Waals surface area contributed by atoms with Gasteiger partial charge in [-0.25, -0.2) is 15.0 Å². The Morgan fingerprint density at radius 2 is 2.12 bits per heavy atom. The Morgan fingerprint density at radius 1 is 1.29 bits per heavy atom. The van der Waals surface area contributed by atoms with Crippen LogP contribution in [0.5, 0.6) is 5.88 Å². The predicted octanol–water partition coefficient (Wildman–Crippen LogP) is 2.29. The molecule has 0 aromatic carbocycles. The van der Waals surface area contributed by atoms with Crippen molar-refractivity contribution in [1.82, 2.24) is 19.9 Å². The molecule has 24 heavy (non-hydrogen) atoms. The molecule has 2 aromatic rings. The number of likely N-dealkylation sites (N-methyl/N-ethyl adjacent to an activating group) is 1. The summed E-state index contributed by atoms with van der Waals surface area (Å²) in [5.74, 6) is 1.48. The number of pyridine rings is 1. The number of hydrogen-bond donors (Lipinski definition) is 0. The number of piperidine rings is 1. The van der Waals surface area contributed by atoms with Gasteiger partial charge in [0.15, 0.2) is 0 Å². The fourth-order valence-electron chi connectivity index (χ4n) is 3.18. The predicted molar refractivity (Wildman–Crippen MR) is 94.3 cm³/mol. The summed E-state index contributed by atoms with van der Waals surface area (Å²) >= 11 is 0. The summed E-state index contributed by atoms with van der Waals surface area (Å²) in [5.41, 5.74) is 2.24. The van der Waals surface area contributed by atoms with Crippen LogP contribution >= 0.6 is 0 Å². The maximum absolute atomic E-state index is 5.22. The van der Waals surface area contributed by atoms with Gasteiger partial charge in [-0.2, -0.15) is 0 Å². The first-order chi connectivity index (χ1) is 11.7. The second kappa shape index (κ2) is 7.57. The minimum atomic E-state index is 0.435. The second-order valence-electron chi connectivity index (χ2n) is 6.35. The molecule has 0 spiro atoms. The summed E-state index contributed by atoms with van der Waals surface area (Å²) in [5, 5.41) is 0. The highest BCUT2D eigenvalue weighted by Crippen LogP contribution is 2.21. The van der Waals surface area contributed by atoms with E-state index < -0.39 is 0 Å². The highest BCUT2D eigenvalue weighted by atomic mass is 16.5. The van der Waals surface area contributed by atoms with Crippen LogP contribution in [0, 0.1) is 6.92 Å². The van der Waals surface area contributed by atoms with Crippen LogP contribution in [-0.2, 0) is 6.54 Å². The lowest BCUT2D eigenvalue weighted by molar-refractivity contribution is 0.198. The maximum atomic E-state index is 5.22. The van der Waals surface area contributed by atoms with Crippen molar-refractivity contribution in [2.45, 2.75) is 32.4 Å². The molecule has 0 saturated carbocycles. The normalized spacial score (nSPS) is 18.4. The average molecular weight is 327 g/mol. The molecule has 2 aromatic heterocycles. The summed E-state index contributed by atoms with van der Waals surface area (Å²) < 4.78 is 5.22. The third kappa shape index (κ3) is 4.00. The lowest BCUT2D eigenvalue weighted by Crippen LogP contribution is -2.46. The third-order valence-electron chi connectivity index (χ3n) is 4.54. The van der Waals surface area contributed by atoms with Gasteiger partial charge in [0.05, 0.1) is 7.11 Å². The standard InChI is InChI=1S/C18H25N5O/c1-14-6-8-20-18(21-14)22(2)16-5-4-10-23(13-16)12-15-7-9-19-17(11-15)24-3/h6-9,11,16H,4-5,10,12-13H2,1-3H3. The Balaban J connectivity index is 1.65. The molecule has 3 heterocycles. The zero-order valence-corrected chi connectivity index (χ0v) is 14.6. The molecule has 0 aliphatic carbocycles. The molecule has 128 valence electrons. The number of likely N-dealkylation sites (tertiary alicyclic amines) is 1. The van der Waals surface area contributed by atoms with Crippen molar-refractivity contribution in [1.29, 1.82) is 0 Å². The first kappa shape index (κ1) is 16.6. The van der Waals surface area contributed by atoms with Crippen molar-refractivity contribution >= 4 is 5.95 Å². The van der Waals surface area contributed by atoms with Gasteiger partial charge < -0.3 is 9.64 Å². The fraction of sp³-hybridized carbons (Fsp3) is 0.500. The Labute approximate surface area is 143 Å². The fourth-order valence-corrected chi connectivity index (χ4v) is 3.18. The van der Waals surface area contributed by atoms with E-state index in [9.17, 15) is 0 Å². The van der Waals surface area contributed by atoms with Gasteiger partial charge in [0, 0.05) is 50.3 Å². The Hall–Kier alpha value is -2.21. The van der Waals surface area contributed by atoms with Crippen molar-refractivity contribution in [3.8, 4) is 5.88 Å². The molecule has 0 N–H and O–H groups in total. The number of ether oxygens (including phenoxy) is 1. The number of anilines is 1. The van der Waals surface area contributed by atoms with E-state index in [1.54, 1.807) is 7.11 Å². The quantitative estimate of drug-likeness (QED) is 0.840. The molecule has 6 heteroatoms. The van der Waals surface area contributed by atoms with Crippen LogP contribution in [0.3, 0.4) is 0 Å². The van der Waals surface area contributed by atoms with Gasteiger partial charge >= 0.3 is 0 Å². The van der Waals surface area contributed by atoms with Gasteiger partial charge in [-0.15, -0.1) is 0 Å². The minimum absolute atomic E-state index is 0.435. The summed E-state index contributed by atoms with van der Waals surface area (Å²) in [6, 6.07) is 6.43. The molecular formula is C18H25N5O. The van der Waals surface area contributed by atoms with E-state index in [1.165, 1.54) is 18.4 Å². The van der Waals surface area contributed by atoms with Gasteiger partial charge in [-0.1, -0.05) is 0 Å². The Kier molecular flexibility index (Phi) is 5.25. The molecule has 1 unspecified atom stereocenters. The number of nitrogens with zero attached hydrogens (tertiary/aromatic N) is 5. The second-order valence-corrected chi connectivity index (χ2v) is 6.35. The van der Waals surface area contributed by atoms with E-state index in [1.807, 2.05) is 31.5 Å². The molecule has 1 atom stereocenters. The molecule has 0 radical (unpaired) electrons. The summed E-state index contributed by atoms with van der Waals surface area (Å²) in [6.07, 6.45) is 5.99. The first-order valence-corrected chi connectivity index (χ1v) is 8.39. The highest BCUT2D eigenvalue weighted by Gasteiger charge is 2.24. The lowest BCUT2D eigenvalue weighted by atomic mass is 10.0. The zero-order chi connectivity index (χ0) is 16.9. The SMILES string of the molecule is COc1cc(CN2CCCC(N(C)c3nccc(C)n3)C2)ccn1. The van der Waals surface area contributed by atoms with Crippen LogP contribution < -0.4 is 9.64 Å². The van der Waals surface area contributed by atoms with Crippen molar-refractivity contribution in [2.75, 3.05) is 32.1 Å². The zero-order valence-electron chi connectivity index (χ0n) is 14.6. The smallest absolute Gasteiger partial charge is 0.225 e. The molecule has 6 nitrogen and oxygen atoms in total. The van der Waals surface area contributed by atoms with Crippen molar-refractivity contribution in [2.24, 2.45) is 0 Å². The van der Waals surface area contributed by atoms with E-state index in [-0.39, 0.29) is 0 Å². The van der Waals surface area contributed by atoms with E-state index in [0.717, 1.165) is 31.3 Å². The molecular weight excluding hydrogens is 302 g/mol. The van der Waals surface area contributed by atoms with Crippen LogP contribution in [0.2, 0.25) is 0 Å².